The molecule has 0 aliphatic heterocycles. The van der Waals surface area contributed by atoms with E-state index >= 15 is 0 Å². The van der Waals surface area contributed by atoms with Crippen LogP contribution in [0.1, 0.15) is 67.7 Å². The molecule has 0 aliphatic carbocycles. The summed E-state index contributed by atoms with van der Waals surface area (Å²) in [6.07, 6.45) is 5.60. The van der Waals surface area contributed by atoms with E-state index in [0.29, 0.717) is 51.4 Å². The molecule has 0 heterocycles. The van der Waals surface area contributed by atoms with Crippen LogP contribution in [-0.2, 0) is 9.47 Å². The number of ether oxygens (including phenoxy) is 2. The van der Waals surface area contributed by atoms with Gasteiger partial charge in [0.2, 0.25) is 0 Å². The lowest BCUT2D eigenvalue weighted by molar-refractivity contribution is -0.0444. The molecule has 0 amide bonds. The Morgan fingerprint density at radius 1 is 0.962 bits per heavy atom. The summed E-state index contributed by atoms with van der Waals surface area (Å²) in [5, 5.41) is 0. The van der Waals surface area contributed by atoms with Crippen LogP contribution in [0.2, 0.25) is 0 Å². The maximum Gasteiger partial charge on any atom is 0.0589 e. The van der Waals surface area contributed by atoms with Gasteiger partial charge in [-0.25, -0.2) is 0 Å². The van der Waals surface area contributed by atoms with Crippen molar-refractivity contribution in [3.8, 4) is 0 Å². The molecule has 4 nitrogen and oxygen atoms in total. The van der Waals surface area contributed by atoms with Crippen molar-refractivity contribution in [2.75, 3.05) is 39.5 Å². The fourth-order valence-corrected chi connectivity index (χ4v) is 4.46. The van der Waals surface area contributed by atoms with Gasteiger partial charge in [-0.1, -0.05) is 53.2 Å². The van der Waals surface area contributed by atoms with E-state index in [2.05, 4.69) is 54.5 Å². The molecule has 0 bridgehead atoms. The number of rotatable bonds is 15. The molecular formula is C22H46N2O2. The van der Waals surface area contributed by atoms with Crippen LogP contribution in [0.3, 0.4) is 0 Å². The van der Waals surface area contributed by atoms with Gasteiger partial charge in [0.05, 0.1) is 26.4 Å². The maximum atomic E-state index is 5.97. The molecule has 0 aromatic carbocycles. The van der Waals surface area contributed by atoms with Crippen molar-refractivity contribution in [3.63, 3.8) is 0 Å². The Balaban J connectivity index is 5.52. The van der Waals surface area contributed by atoms with Crippen molar-refractivity contribution < 1.29 is 9.47 Å². The third-order valence-corrected chi connectivity index (χ3v) is 4.43. The molecule has 0 aromatic heterocycles. The molecule has 0 aliphatic rings. The first-order valence-corrected chi connectivity index (χ1v) is 10.3. The summed E-state index contributed by atoms with van der Waals surface area (Å²) in [7, 11) is 0. The minimum absolute atomic E-state index is 0.0434. The molecule has 0 rings (SSSR count). The Bertz CT molecular complexity index is 380. The van der Waals surface area contributed by atoms with E-state index in [0.717, 1.165) is 12.8 Å². The van der Waals surface area contributed by atoms with Crippen molar-refractivity contribution in [2.45, 2.75) is 67.7 Å². The topological polar surface area (TPSA) is 70.5 Å². The lowest BCUT2D eigenvalue weighted by Crippen LogP contribution is -2.39. The third kappa shape index (κ3) is 12.1. The van der Waals surface area contributed by atoms with Gasteiger partial charge in [-0.05, 0) is 43.4 Å². The lowest BCUT2D eigenvalue weighted by atomic mass is 9.68. The molecule has 0 spiro atoms. The predicted molar refractivity (Wildman–Crippen MR) is 113 cm³/mol. The van der Waals surface area contributed by atoms with Gasteiger partial charge in [-0.3, -0.25) is 0 Å². The zero-order chi connectivity index (χ0) is 20.2. The van der Waals surface area contributed by atoms with Gasteiger partial charge >= 0.3 is 0 Å². The molecule has 26 heavy (non-hydrogen) atoms. The average Bonchev–Trinajstić information content (AvgIpc) is 2.44. The van der Waals surface area contributed by atoms with Gasteiger partial charge in [0.25, 0.3) is 0 Å². The Hall–Kier alpha value is -0.420. The zero-order valence-electron chi connectivity index (χ0n) is 18.6. The first-order chi connectivity index (χ1) is 12.1. The number of hydrogen-bond donors (Lipinski definition) is 2. The standard InChI is InChI=1S/C22H46N2O2/c1-18(2)12-20(5)14-22(16-25-10-8-23,17-26-11-9-24)15-21(6,7)13-19(3)4/h12,18-19H,8-11,13-17,23-24H2,1-7H3/b20-12-. The zero-order valence-corrected chi connectivity index (χ0v) is 18.6. The number of nitrogens with two attached hydrogens (primary N) is 2. The van der Waals surface area contributed by atoms with E-state index in [1.54, 1.807) is 0 Å². The van der Waals surface area contributed by atoms with Crippen LogP contribution >= 0.6 is 0 Å². The van der Waals surface area contributed by atoms with Crippen molar-refractivity contribution in [3.05, 3.63) is 11.6 Å². The Morgan fingerprint density at radius 2 is 1.46 bits per heavy atom. The second-order valence-electron chi connectivity index (χ2n) is 9.56. The Kier molecular flexibility index (Phi) is 12.7. The summed E-state index contributed by atoms with van der Waals surface area (Å²) >= 11 is 0. The molecule has 0 atom stereocenters. The van der Waals surface area contributed by atoms with Crippen molar-refractivity contribution in [1.82, 2.24) is 0 Å². The van der Waals surface area contributed by atoms with Crippen LogP contribution in [0.4, 0.5) is 0 Å². The van der Waals surface area contributed by atoms with Crippen molar-refractivity contribution in [1.29, 1.82) is 0 Å². The molecule has 0 aromatic rings. The van der Waals surface area contributed by atoms with Gasteiger partial charge in [0, 0.05) is 18.5 Å². The average molecular weight is 371 g/mol. The summed E-state index contributed by atoms with van der Waals surface area (Å²) in [5.74, 6) is 1.22. The SMILES string of the molecule is C/C(=C/C(C)C)CC(COCCN)(COCCN)CC(C)(C)CC(C)C. The van der Waals surface area contributed by atoms with Crippen molar-refractivity contribution in [2.24, 2.45) is 34.1 Å². The van der Waals surface area contributed by atoms with E-state index < -0.39 is 0 Å². The van der Waals surface area contributed by atoms with Gasteiger partial charge in [-0.2, -0.15) is 0 Å². The van der Waals surface area contributed by atoms with Gasteiger partial charge in [0.15, 0.2) is 0 Å². The first kappa shape index (κ1) is 25.6. The summed E-state index contributed by atoms with van der Waals surface area (Å²) in [5.41, 5.74) is 12.9. The molecule has 4 N–H and O–H groups in total. The highest BCUT2D eigenvalue weighted by Crippen LogP contribution is 2.43. The van der Waals surface area contributed by atoms with Crippen molar-refractivity contribution >= 4 is 0 Å². The number of allylic oxidation sites excluding steroid dienone is 2. The summed E-state index contributed by atoms with van der Waals surface area (Å²) in [4.78, 5) is 0. The fraction of sp³-hybridized carbons (Fsp3) is 0.909. The van der Waals surface area contributed by atoms with Crippen LogP contribution in [0.15, 0.2) is 11.6 Å². The Labute approximate surface area is 163 Å². The molecule has 0 saturated heterocycles. The van der Waals surface area contributed by atoms with E-state index in [1.807, 2.05) is 0 Å². The van der Waals surface area contributed by atoms with E-state index in [1.165, 1.54) is 12.0 Å². The van der Waals surface area contributed by atoms with Crippen LogP contribution < -0.4 is 11.5 Å². The monoisotopic (exact) mass is 370 g/mol. The molecule has 0 saturated carbocycles. The predicted octanol–water partition coefficient (Wildman–Crippen LogP) is 4.38. The highest BCUT2D eigenvalue weighted by molar-refractivity contribution is 5.05. The second-order valence-corrected chi connectivity index (χ2v) is 9.56. The summed E-state index contributed by atoms with van der Waals surface area (Å²) < 4.78 is 11.9. The molecule has 0 fully saturated rings. The van der Waals surface area contributed by atoms with Crippen LogP contribution in [-0.4, -0.2) is 39.5 Å². The van der Waals surface area contributed by atoms with Gasteiger partial charge in [-0.15, -0.1) is 0 Å². The smallest absolute Gasteiger partial charge is 0.0589 e. The Morgan fingerprint density at radius 3 is 1.85 bits per heavy atom. The van der Waals surface area contributed by atoms with Gasteiger partial charge in [0.1, 0.15) is 0 Å². The maximum absolute atomic E-state index is 5.97. The fourth-order valence-electron chi connectivity index (χ4n) is 4.46. The second kappa shape index (κ2) is 12.9. The first-order valence-electron chi connectivity index (χ1n) is 10.3. The lowest BCUT2D eigenvalue weighted by Gasteiger charge is -2.41. The highest BCUT2D eigenvalue weighted by Gasteiger charge is 2.37. The van der Waals surface area contributed by atoms with Crippen LogP contribution in [0.5, 0.6) is 0 Å². The molecular weight excluding hydrogens is 324 g/mol. The van der Waals surface area contributed by atoms with Crippen LogP contribution in [0, 0.1) is 22.7 Å². The summed E-state index contributed by atoms with van der Waals surface area (Å²) in [6, 6.07) is 0. The molecule has 0 unspecified atom stereocenters. The van der Waals surface area contributed by atoms with Gasteiger partial charge < -0.3 is 20.9 Å². The normalized spacial score (nSPS) is 13.9. The van der Waals surface area contributed by atoms with E-state index in [9.17, 15) is 0 Å². The largest absolute Gasteiger partial charge is 0.379 e. The minimum atomic E-state index is -0.0434. The van der Waals surface area contributed by atoms with E-state index in [4.69, 9.17) is 20.9 Å². The summed E-state index contributed by atoms with van der Waals surface area (Å²) in [6.45, 7) is 19.7. The van der Waals surface area contributed by atoms with Crippen LogP contribution in [0.25, 0.3) is 0 Å². The number of hydrogen-bond acceptors (Lipinski definition) is 4. The highest BCUT2D eigenvalue weighted by atomic mass is 16.5. The molecule has 4 heteroatoms. The minimum Gasteiger partial charge on any atom is -0.379 e. The third-order valence-electron chi connectivity index (χ3n) is 4.43. The molecule has 0 radical (unpaired) electrons. The van der Waals surface area contributed by atoms with E-state index in [-0.39, 0.29) is 10.8 Å². The quantitative estimate of drug-likeness (QED) is 0.331. The molecule has 156 valence electrons.